The monoisotopic (exact) mass is 453 g/mol. The van der Waals surface area contributed by atoms with Gasteiger partial charge in [-0.05, 0) is 44.7 Å². The molecule has 0 aromatic heterocycles. The Balaban J connectivity index is 1.31. The van der Waals surface area contributed by atoms with Gasteiger partial charge in [-0.2, -0.15) is 0 Å². The van der Waals surface area contributed by atoms with Crippen LogP contribution in [0.1, 0.15) is 43.9 Å². The van der Waals surface area contributed by atoms with Crippen LogP contribution in [0.5, 0.6) is 17.2 Å². The van der Waals surface area contributed by atoms with Crippen molar-refractivity contribution in [3.8, 4) is 17.2 Å². The summed E-state index contributed by atoms with van der Waals surface area (Å²) in [4.78, 5) is 13.3. The van der Waals surface area contributed by atoms with E-state index in [1.165, 1.54) is 0 Å². The lowest BCUT2D eigenvalue weighted by molar-refractivity contribution is -0.188. The molecule has 5 rings (SSSR count). The highest BCUT2D eigenvalue weighted by Gasteiger charge is 2.51. The molecule has 33 heavy (non-hydrogen) atoms. The number of carboxylic acids is 1. The summed E-state index contributed by atoms with van der Waals surface area (Å²) in [6.45, 7) is 6.35. The average Bonchev–Trinajstić information content (AvgIpc) is 2.78. The number of benzene rings is 2. The Morgan fingerprint density at radius 2 is 2.03 bits per heavy atom. The maximum Gasteiger partial charge on any atom is 0.341 e. The van der Waals surface area contributed by atoms with Crippen LogP contribution in [-0.2, 0) is 16.1 Å². The molecule has 2 saturated heterocycles. The number of carboxylic acid groups (broad SMARTS) is 1. The topological polar surface area (TPSA) is 88.5 Å². The number of hydrogen-bond donors (Lipinski definition) is 2. The highest BCUT2D eigenvalue weighted by atomic mass is 16.5. The van der Waals surface area contributed by atoms with Crippen LogP contribution in [0.25, 0.3) is 0 Å². The lowest BCUT2D eigenvalue weighted by Gasteiger charge is -2.53. The fourth-order valence-corrected chi connectivity index (χ4v) is 5.68. The molecule has 0 unspecified atom stereocenters. The first kappa shape index (κ1) is 22.0. The third-order valence-corrected chi connectivity index (χ3v) is 7.30. The maximum absolute atomic E-state index is 10.9. The van der Waals surface area contributed by atoms with Crippen LogP contribution in [0, 0.1) is 11.8 Å². The number of phenols is 1. The minimum atomic E-state index is -0.980. The van der Waals surface area contributed by atoms with Crippen molar-refractivity contribution < 1.29 is 29.2 Å². The SMILES string of the molecule is CC1(C)Oc2c(O)cccc2[C@H]2O[C@H]3CCN(Cc4ccccc4OCC(=O)O)C[C@@H]3C[C@@H]21. The first-order valence-corrected chi connectivity index (χ1v) is 11.6. The number of likely N-dealkylation sites (tertiary alicyclic amines) is 1. The molecule has 3 aliphatic heterocycles. The number of piperidine rings is 1. The first-order chi connectivity index (χ1) is 15.8. The molecule has 2 aromatic rings. The van der Waals surface area contributed by atoms with Crippen LogP contribution in [0.15, 0.2) is 42.5 Å². The van der Waals surface area contributed by atoms with Gasteiger partial charge in [0.25, 0.3) is 0 Å². The number of fused-ring (bicyclic) bond motifs is 4. The van der Waals surface area contributed by atoms with Gasteiger partial charge in [0, 0.05) is 36.7 Å². The zero-order valence-corrected chi connectivity index (χ0v) is 19.1. The van der Waals surface area contributed by atoms with Gasteiger partial charge in [0.1, 0.15) is 11.4 Å². The second-order valence-corrected chi connectivity index (χ2v) is 9.91. The summed E-state index contributed by atoms with van der Waals surface area (Å²) in [6.07, 6.45) is 2.02. The molecule has 0 bridgehead atoms. The number of ether oxygens (including phenoxy) is 3. The number of hydrogen-bond acceptors (Lipinski definition) is 6. The van der Waals surface area contributed by atoms with Gasteiger partial charge < -0.3 is 24.4 Å². The Hall–Kier alpha value is -2.77. The smallest absolute Gasteiger partial charge is 0.341 e. The van der Waals surface area contributed by atoms with Crippen molar-refractivity contribution in [3.63, 3.8) is 0 Å². The molecule has 0 aliphatic carbocycles. The van der Waals surface area contributed by atoms with Crippen molar-refractivity contribution in [3.05, 3.63) is 53.6 Å². The second-order valence-electron chi connectivity index (χ2n) is 9.91. The van der Waals surface area contributed by atoms with E-state index in [-0.39, 0.29) is 30.5 Å². The van der Waals surface area contributed by atoms with E-state index in [1.807, 2.05) is 36.4 Å². The Labute approximate surface area is 193 Å². The molecule has 0 saturated carbocycles. The van der Waals surface area contributed by atoms with E-state index >= 15 is 0 Å². The number of phenolic OH excluding ortho intramolecular Hbond substituents is 1. The van der Waals surface area contributed by atoms with Crippen LogP contribution < -0.4 is 9.47 Å². The number of aromatic hydroxyl groups is 1. The van der Waals surface area contributed by atoms with Gasteiger partial charge in [-0.15, -0.1) is 0 Å². The van der Waals surface area contributed by atoms with Crippen molar-refractivity contribution in [2.24, 2.45) is 11.8 Å². The predicted octanol–water partition coefficient (Wildman–Crippen LogP) is 3.99. The highest BCUT2D eigenvalue weighted by molar-refractivity contribution is 5.68. The van der Waals surface area contributed by atoms with Crippen LogP contribution in [0.4, 0.5) is 0 Å². The largest absolute Gasteiger partial charge is 0.504 e. The summed E-state index contributed by atoms with van der Waals surface area (Å²) >= 11 is 0. The zero-order valence-electron chi connectivity index (χ0n) is 19.1. The van der Waals surface area contributed by atoms with Crippen LogP contribution >= 0.6 is 0 Å². The molecule has 2 aromatic carbocycles. The molecule has 3 aliphatic rings. The molecule has 7 heteroatoms. The number of rotatable bonds is 5. The van der Waals surface area contributed by atoms with Crippen molar-refractivity contribution >= 4 is 5.97 Å². The molecule has 2 N–H and O–H groups in total. The van der Waals surface area contributed by atoms with Crippen LogP contribution in [0.3, 0.4) is 0 Å². The van der Waals surface area contributed by atoms with Gasteiger partial charge in [-0.25, -0.2) is 4.79 Å². The van der Waals surface area contributed by atoms with Gasteiger partial charge in [0.2, 0.25) is 0 Å². The first-order valence-electron chi connectivity index (χ1n) is 11.6. The van der Waals surface area contributed by atoms with Crippen LogP contribution in [0.2, 0.25) is 0 Å². The third kappa shape index (κ3) is 4.27. The number of nitrogens with zero attached hydrogens (tertiary/aromatic N) is 1. The van der Waals surface area contributed by atoms with E-state index in [0.29, 0.717) is 24.0 Å². The summed E-state index contributed by atoms with van der Waals surface area (Å²) in [5, 5.41) is 19.3. The minimum Gasteiger partial charge on any atom is -0.504 e. The summed E-state index contributed by atoms with van der Waals surface area (Å²) in [5.41, 5.74) is 1.50. The maximum atomic E-state index is 10.9. The fourth-order valence-electron chi connectivity index (χ4n) is 5.68. The van der Waals surface area contributed by atoms with E-state index in [1.54, 1.807) is 6.07 Å². The summed E-state index contributed by atoms with van der Waals surface area (Å²) in [6, 6.07) is 13.2. The summed E-state index contributed by atoms with van der Waals surface area (Å²) in [5.74, 6) is 0.945. The third-order valence-electron chi connectivity index (χ3n) is 7.30. The fraction of sp³-hybridized carbons (Fsp3) is 0.500. The number of carbonyl (C=O) groups is 1. The van der Waals surface area contributed by atoms with E-state index < -0.39 is 11.6 Å². The molecule has 3 heterocycles. The van der Waals surface area contributed by atoms with Crippen molar-refractivity contribution in [1.82, 2.24) is 4.90 Å². The summed E-state index contributed by atoms with van der Waals surface area (Å²) in [7, 11) is 0. The Bertz CT molecular complexity index is 1040. The Kier molecular flexibility index (Phi) is 5.70. The molecular weight excluding hydrogens is 422 g/mol. The molecule has 176 valence electrons. The minimum absolute atomic E-state index is 0.0752. The van der Waals surface area contributed by atoms with Gasteiger partial charge in [-0.3, -0.25) is 4.90 Å². The van der Waals surface area contributed by atoms with Gasteiger partial charge in [0.15, 0.2) is 18.1 Å². The lowest BCUT2D eigenvalue weighted by Crippen LogP contribution is -2.55. The van der Waals surface area contributed by atoms with Crippen molar-refractivity contribution in [2.75, 3.05) is 19.7 Å². The van der Waals surface area contributed by atoms with Crippen molar-refractivity contribution in [1.29, 1.82) is 0 Å². The van der Waals surface area contributed by atoms with E-state index in [4.69, 9.17) is 19.3 Å². The molecule has 4 atom stereocenters. The van der Waals surface area contributed by atoms with Crippen LogP contribution in [-0.4, -0.2) is 52.5 Å². The summed E-state index contributed by atoms with van der Waals surface area (Å²) < 4.78 is 18.5. The Morgan fingerprint density at radius 1 is 1.21 bits per heavy atom. The van der Waals surface area contributed by atoms with Gasteiger partial charge >= 0.3 is 5.97 Å². The zero-order chi connectivity index (χ0) is 23.2. The van der Waals surface area contributed by atoms with Gasteiger partial charge in [-0.1, -0.05) is 30.3 Å². The quantitative estimate of drug-likeness (QED) is 0.708. The standard InChI is InChI=1S/C26H31NO6/c1-26(2)19-12-17-14-27(13-16-6-3-4-9-21(16)31-15-23(29)30)11-10-22(17)32-24(19)18-7-5-8-20(28)25(18)33-26/h3-9,17,19,22,24,28H,10-15H2,1-2H3,(H,29,30)/t17-,19-,22-,24+/m0/s1. The predicted molar refractivity (Wildman–Crippen MR) is 121 cm³/mol. The van der Waals surface area contributed by atoms with Gasteiger partial charge in [0.05, 0.1) is 12.2 Å². The lowest BCUT2D eigenvalue weighted by atomic mass is 9.70. The molecular formula is C26H31NO6. The molecule has 0 radical (unpaired) electrons. The molecule has 7 nitrogen and oxygen atoms in total. The van der Waals surface area contributed by atoms with E-state index in [2.05, 4.69) is 18.7 Å². The normalized spacial score (nSPS) is 28.1. The number of aliphatic carboxylic acids is 1. The average molecular weight is 454 g/mol. The second kappa shape index (κ2) is 8.54. The van der Waals surface area contributed by atoms with Crippen molar-refractivity contribution in [2.45, 2.75) is 51.0 Å². The molecule has 0 spiro atoms. The molecule has 0 amide bonds. The van der Waals surface area contributed by atoms with E-state index in [0.717, 1.165) is 37.1 Å². The Morgan fingerprint density at radius 3 is 2.85 bits per heavy atom. The van der Waals surface area contributed by atoms with E-state index in [9.17, 15) is 9.90 Å². The highest BCUT2D eigenvalue weighted by Crippen LogP contribution is 2.54. The molecule has 2 fully saturated rings. The number of para-hydroxylation sites is 2.